The minimum absolute atomic E-state index is 0.110. The second-order valence-electron chi connectivity index (χ2n) is 6.37. The second-order valence-corrected chi connectivity index (χ2v) is 6.37. The van der Waals surface area contributed by atoms with Gasteiger partial charge in [0.2, 0.25) is 5.89 Å². The van der Waals surface area contributed by atoms with Crippen molar-refractivity contribution in [3.05, 3.63) is 11.7 Å². The summed E-state index contributed by atoms with van der Waals surface area (Å²) >= 11 is 0. The van der Waals surface area contributed by atoms with Gasteiger partial charge < -0.3 is 15.2 Å². The molecule has 2 rings (SSSR count). The molecule has 124 valence electrons. The number of aromatic nitrogens is 2. The molecule has 1 aliphatic rings. The zero-order valence-electron chi connectivity index (χ0n) is 14.1. The molecular weight excluding hydrogens is 280 g/mol. The third-order valence-electron chi connectivity index (χ3n) is 4.10. The first kappa shape index (κ1) is 16.7. The molecule has 1 saturated heterocycles. The molecule has 2 N–H and O–H groups in total. The lowest BCUT2D eigenvalue weighted by Gasteiger charge is -2.41. The van der Waals surface area contributed by atoms with Gasteiger partial charge in [0.15, 0.2) is 11.8 Å². The molecule has 7 nitrogen and oxygen atoms in total. The molecule has 0 atom stereocenters. The quantitative estimate of drug-likeness (QED) is 0.631. The maximum Gasteiger partial charge on any atom is 0.246 e. The Morgan fingerprint density at radius 3 is 2.59 bits per heavy atom. The van der Waals surface area contributed by atoms with Gasteiger partial charge in [-0.1, -0.05) is 11.6 Å². The number of guanidine groups is 1. The predicted molar refractivity (Wildman–Crippen MR) is 86.7 cm³/mol. The van der Waals surface area contributed by atoms with Gasteiger partial charge in [-0.15, -0.1) is 0 Å². The summed E-state index contributed by atoms with van der Waals surface area (Å²) in [5, 5.41) is 10.4. The lowest BCUT2D eigenvalue weighted by Crippen LogP contribution is -2.54. The molecule has 22 heavy (non-hydrogen) atoms. The highest BCUT2D eigenvalue weighted by atomic mass is 16.5. The normalized spacial score (nSPS) is 17.5. The van der Waals surface area contributed by atoms with Crippen LogP contribution in [0.2, 0.25) is 0 Å². The van der Waals surface area contributed by atoms with E-state index in [1.54, 1.807) is 14.0 Å². The van der Waals surface area contributed by atoms with Gasteiger partial charge in [-0.3, -0.25) is 9.89 Å². The molecule has 0 amide bonds. The Kier molecular flexibility index (Phi) is 5.76. The number of aryl methyl sites for hydroxylation is 1. The van der Waals surface area contributed by atoms with Gasteiger partial charge in [0.1, 0.15) is 0 Å². The summed E-state index contributed by atoms with van der Waals surface area (Å²) in [5.41, 5.74) is 0.110. The van der Waals surface area contributed by atoms with Crippen molar-refractivity contribution in [1.82, 2.24) is 25.7 Å². The standard InChI is InChI=1S/C15H28N6O/c1-12-19-13(22-20-12)10-17-14(16-4)18-11-15(2,3)21-8-6-5-7-9-21/h5-11H2,1-4H3,(H2,16,17,18). The fourth-order valence-electron chi connectivity index (χ4n) is 2.70. The van der Waals surface area contributed by atoms with Crippen molar-refractivity contribution < 1.29 is 4.52 Å². The molecule has 0 aromatic carbocycles. The van der Waals surface area contributed by atoms with E-state index in [-0.39, 0.29) is 5.54 Å². The van der Waals surface area contributed by atoms with Crippen LogP contribution in [-0.4, -0.2) is 53.2 Å². The molecule has 0 aliphatic carbocycles. The van der Waals surface area contributed by atoms with Gasteiger partial charge in [0, 0.05) is 19.1 Å². The van der Waals surface area contributed by atoms with E-state index in [1.165, 1.54) is 32.4 Å². The highest BCUT2D eigenvalue weighted by molar-refractivity contribution is 5.79. The molecule has 0 saturated carbocycles. The maximum atomic E-state index is 5.09. The Morgan fingerprint density at radius 1 is 1.27 bits per heavy atom. The van der Waals surface area contributed by atoms with Gasteiger partial charge >= 0.3 is 0 Å². The van der Waals surface area contributed by atoms with Crippen molar-refractivity contribution in [1.29, 1.82) is 0 Å². The average molecular weight is 308 g/mol. The zero-order chi connectivity index (χ0) is 16.0. The van der Waals surface area contributed by atoms with Crippen LogP contribution in [0.1, 0.15) is 44.8 Å². The van der Waals surface area contributed by atoms with Crippen LogP contribution in [0.5, 0.6) is 0 Å². The Bertz CT molecular complexity index is 490. The topological polar surface area (TPSA) is 78.6 Å². The van der Waals surface area contributed by atoms with Gasteiger partial charge in [0.05, 0.1) is 6.54 Å². The van der Waals surface area contributed by atoms with Crippen LogP contribution in [0.15, 0.2) is 9.52 Å². The molecule has 0 radical (unpaired) electrons. The molecule has 0 unspecified atom stereocenters. The van der Waals surface area contributed by atoms with Crippen molar-refractivity contribution in [2.45, 2.75) is 52.1 Å². The molecular formula is C15H28N6O. The predicted octanol–water partition coefficient (Wildman–Crippen LogP) is 1.31. The zero-order valence-corrected chi connectivity index (χ0v) is 14.1. The summed E-state index contributed by atoms with van der Waals surface area (Å²) in [6, 6.07) is 0. The number of likely N-dealkylation sites (tertiary alicyclic amines) is 1. The first-order valence-corrected chi connectivity index (χ1v) is 8.00. The van der Waals surface area contributed by atoms with E-state index in [0.29, 0.717) is 18.3 Å². The Labute approximate surface area is 132 Å². The van der Waals surface area contributed by atoms with Crippen molar-refractivity contribution in [3.8, 4) is 0 Å². The summed E-state index contributed by atoms with van der Waals surface area (Å²) in [6.07, 6.45) is 3.95. The van der Waals surface area contributed by atoms with Crippen molar-refractivity contribution in [2.24, 2.45) is 4.99 Å². The number of nitrogens with zero attached hydrogens (tertiary/aromatic N) is 4. The van der Waals surface area contributed by atoms with Crippen molar-refractivity contribution in [2.75, 3.05) is 26.7 Å². The van der Waals surface area contributed by atoms with Crippen LogP contribution in [-0.2, 0) is 6.54 Å². The highest BCUT2D eigenvalue weighted by Gasteiger charge is 2.27. The van der Waals surface area contributed by atoms with Crippen LogP contribution in [0, 0.1) is 6.92 Å². The first-order chi connectivity index (χ1) is 10.5. The lowest BCUT2D eigenvalue weighted by molar-refractivity contribution is 0.0982. The van der Waals surface area contributed by atoms with Gasteiger partial charge in [0.25, 0.3) is 0 Å². The number of aliphatic imine (C=N–C) groups is 1. The lowest BCUT2D eigenvalue weighted by atomic mass is 9.98. The Balaban J connectivity index is 1.79. The van der Waals surface area contributed by atoms with Crippen molar-refractivity contribution in [3.63, 3.8) is 0 Å². The summed E-state index contributed by atoms with van der Waals surface area (Å²) in [6.45, 7) is 10.0. The van der Waals surface area contributed by atoms with Gasteiger partial charge in [-0.05, 0) is 46.7 Å². The largest absolute Gasteiger partial charge is 0.355 e. The first-order valence-electron chi connectivity index (χ1n) is 8.00. The molecule has 1 fully saturated rings. The average Bonchev–Trinajstić information content (AvgIpc) is 2.94. The smallest absolute Gasteiger partial charge is 0.246 e. The van der Waals surface area contributed by atoms with Gasteiger partial charge in [-0.2, -0.15) is 4.98 Å². The summed E-state index contributed by atoms with van der Waals surface area (Å²) in [5.74, 6) is 1.96. The van der Waals surface area contributed by atoms with Crippen LogP contribution in [0.25, 0.3) is 0 Å². The number of hydrogen-bond donors (Lipinski definition) is 2. The van der Waals surface area contributed by atoms with Crippen LogP contribution >= 0.6 is 0 Å². The van der Waals surface area contributed by atoms with Crippen LogP contribution in [0.4, 0.5) is 0 Å². The molecule has 1 aliphatic heterocycles. The molecule has 7 heteroatoms. The monoisotopic (exact) mass is 308 g/mol. The van der Waals surface area contributed by atoms with Crippen molar-refractivity contribution >= 4 is 5.96 Å². The SMILES string of the molecule is CN=C(NCc1nc(C)no1)NCC(C)(C)N1CCCCC1. The third kappa shape index (κ3) is 4.69. The molecule has 0 bridgehead atoms. The van der Waals surface area contributed by atoms with Crippen LogP contribution in [0.3, 0.4) is 0 Å². The van der Waals surface area contributed by atoms with E-state index in [2.05, 4.69) is 44.5 Å². The van der Waals surface area contributed by atoms with E-state index in [0.717, 1.165) is 12.5 Å². The van der Waals surface area contributed by atoms with Crippen LogP contribution < -0.4 is 10.6 Å². The third-order valence-corrected chi connectivity index (χ3v) is 4.10. The van der Waals surface area contributed by atoms with E-state index < -0.39 is 0 Å². The second kappa shape index (κ2) is 7.58. The Hall–Kier alpha value is -1.63. The molecule has 2 heterocycles. The summed E-state index contributed by atoms with van der Waals surface area (Å²) < 4.78 is 5.09. The molecule has 1 aromatic rings. The number of rotatable bonds is 5. The molecule has 1 aromatic heterocycles. The van der Waals surface area contributed by atoms with E-state index in [9.17, 15) is 0 Å². The Morgan fingerprint density at radius 2 is 2.00 bits per heavy atom. The highest BCUT2D eigenvalue weighted by Crippen LogP contribution is 2.19. The fraction of sp³-hybridized carbons (Fsp3) is 0.800. The minimum Gasteiger partial charge on any atom is -0.355 e. The summed E-state index contributed by atoms with van der Waals surface area (Å²) in [4.78, 5) is 11.0. The number of nitrogens with one attached hydrogen (secondary N) is 2. The van der Waals surface area contributed by atoms with E-state index in [1.807, 2.05) is 0 Å². The fourth-order valence-corrected chi connectivity index (χ4v) is 2.70. The number of hydrogen-bond acceptors (Lipinski definition) is 5. The summed E-state index contributed by atoms with van der Waals surface area (Å²) in [7, 11) is 1.77. The molecule has 0 spiro atoms. The van der Waals surface area contributed by atoms with E-state index >= 15 is 0 Å². The number of piperidine rings is 1. The maximum absolute atomic E-state index is 5.09. The van der Waals surface area contributed by atoms with Gasteiger partial charge in [-0.25, -0.2) is 0 Å². The van der Waals surface area contributed by atoms with E-state index in [4.69, 9.17) is 4.52 Å². The minimum atomic E-state index is 0.110.